The van der Waals surface area contributed by atoms with E-state index in [9.17, 15) is 14.6 Å². The second-order valence-electron chi connectivity index (χ2n) is 7.39. The summed E-state index contributed by atoms with van der Waals surface area (Å²) in [5.74, 6) is 6.49. The largest absolute Gasteiger partial charge is 0.388 e. The van der Waals surface area contributed by atoms with Crippen molar-refractivity contribution in [3.05, 3.63) is 47.8 Å². The molecule has 0 bridgehead atoms. The molecule has 162 valence electrons. The maximum atomic E-state index is 13.5. The number of rotatable bonds is 6. The molecule has 3 heterocycles. The number of hydrogen-bond donors (Lipinski definition) is 3. The lowest BCUT2D eigenvalue weighted by molar-refractivity contribution is -0.0162. The van der Waals surface area contributed by atoms with Crippen molar-refractivity contribution in [2.24, 2.45) is 0 Å². The summed E-state index contributed by atoms with van der Waals surface area (Å²) in [6, 6.07) is 6.28. The van der Waals surface area contributed by atoms with Crippen LogP contribution < -0.4 is 5.32 Å². The molecule has 0 saturated carbocycles. The molecule has 1 aliphatic rings. The minimum atomic E-state index is -1.10. The lowest BCUT2D eigenvalue weighted by atomic mass is 10.2. The molecule has 8 nitrogen and oxygen atoms in total. The predicted molar refractivity (Wildman–Crippen MR) is 112 cm³/mol. The van der Waals surface area contributed by atoms with E-state index in [-0.39, 0.29) is 12.4 Å². The van der Waals surface area contributed by atoms with Crippen molar-refractivity contribution in [2.45, 2.75) is 51.2 Å². The highest BCUT2D eigenvalue weighted by molar-refractivity contribution is 5.83. The van der Waals surface area contributed by atoms with Gasteiger partial charge in [-0.3, -0.25) is 4.57 Å². The fourth-order valence-electron chi connectivity index (χ4n) is 3.35. The van der Waals surface area contributed by atoms with E-state index < -0.39 is 18.4 Å². The second-order valence-corrected chi connectivity index (χ2v) is 7.39. The zero-order valence-electron chi connectivity index (χ0n) is 17.1. The zero-order chi connectivity index (χ0) is 21.8. The van der Waals surface area contributed by atoms with Crippen LogP contribution in [0.15, 0.2) is 30.6 Å². The lowest BCUT2D eigenvalue weighted by Crippen LogP contribution is -2.28. The quantitative estimate of drug-likeness (QED) is 0.411. The number of nitrogens with zero attached hydrogens (tertiary/aromatic N) is 4. The van der Waals surface area contributed by atoms with Gasteiger partial charge < -0.3 is 20.3 Å². The second kappa shape index (κ2) is 9.39. The summed E-state index contributed by atoms with van der Waals surface area (Å²) in [7, 11) is 0. The predicted octanol–water partition coefficient (Wildman–Crippen LogP) is 2.37. The average Bonchev–Trinajstić information content (AvgIpc) is 3.33. The topological polar surface area (TPSA) is 105 Å². The third kappa shape index (κ3) is 4.66. The lowest BCUT2D eigenvalue weighted by Gasteiger charge is -2.16. The Balaban J connectivity index is 1.69. The van der Waals surface area contributed by atoms with Crippen LogP contribution in [0.4, 0.5) is 10.2 Å². The van der Waals surface area contributed by atoms with Gasteiger partial charge in [0, 0.05) is 13.0 Å². The molecule has 3 atom stereocenters. The van der Waals surface area contributed by atoms with Crippen molar-refractivity contribution in [2.75, 3.05) is 11.9 Å². The number of nitrogens with one attached hydrogen (secondary N) is 1. The fourth-order valence-corrected chi connectivity index (χ4v) is 3.35. The van der Waals surface area contributed by atoms with Crippen molar-refractivity contribution in [3.8, 4) is 11.8 Å². The van der Waals surface area contributed by atoms with Crippen molar-refractivity contribution >= 4 is 17.0 Å². The number of aliphatic hydroxyl groups is 2. The molecule has 0 amide bonds. The minimum Gasteiger partial charge on any atom is -0.388 e. The van der Waals surface area contributed by atoms with Crippen LogP contribution >= 0.6 is 0 Å². The van der Waals surface area contributed by atoms with Crippen LogP contribution in [0.1, 0.15) is 43.8 Å². The van der Waals surface area contributed by atoms with Crippen LogP contribution in [0.2, 0.25) is 0 Å². The molecule has 0 aliphatic carbocycles. The standard InChI is InChI=1S/C22H24FN5O3/c1-2-3-4-5-9-17-26-20(24-11-14-7-6-8-15(23)10-14)18-21(27-17)28(13-25-18)22-19(30)16(29)12-31-22/h6-8,10,13,16,19,22,29-30H,2-4,11-12H2,1H3,(H,24,26,27)/t16-,19-,22-/m1/s1. The van der Waals surface area contributed by atoms with E-state index >= 15 is 0 Å². The van der Waals surface area contributed by atoms with Crippen LogP contribution in [-0.4, -0.2) is 48.5 Å². The molecule has 1 saturated heterocycles. The van der Waals surface area contributed by atoms with E-state index in [1.807, 2.05) is 6.07 Å². The molecule has 9 heteroatoms. The van der Waals surface area contributed by atoms with Gasteiger partial charge in [-0.1, -0.05) is 31.4 Å². The molecule has 2 aromatic heterocycles. The van der Waals surface area contributed by atoms with Crippen molar-refractivity contribution in [3.63, 3.8) is 0 Å². The molecule has 3 N–H and O–H groups in total. The Hall–Kier alpha value is -3.06. The summed E-state index contributed by atoms with van der Waals surface area (Å²) in [4.78, 5) is 13.4. The van der Waals surface area contributed by atoms with Crippen LogP contribution in [0.5, 0.6) is 0 Å². The fraction of sp³-hybridized carbons (Fsp3) is 0.409. The maximum absolute atomic E-state index is 13.5. The minimum absolute atomic E-state index is 0.0188. The average molecular weight is 425 g/mol. The van der Waals surface area contributed by atoms with Gasteiger partial charge in [0.05, 0.1) is 12.9 Å². The number of aromatic nitrogens is 4. The first-order valence-electron chi connectivity index (χ1n) is 10.3. The Morgan fingerprint density at radius 3 is 2.94 bits per heavy atom. The highest BCUT2D eigenvalue weighted by atomic mass is 19.1. The number of imidazole rings is 1. The van der Waals surface area contributed by atoms with Gasteiger partial charge in [0.25, 0.3) is 0 Å². The van der Waals surface area contributed by atoms with Crippen LogP contribution in [0.25, 0.3) is 11.2 Å². The number of benzene rings is 1. The third-order valence-electron chi connectivity index (χ3n) is 5.02. The summed E-state index contributed by atoms with van der Waals surface area (Å²) in [6.07, 6.45) is 1.36. The first-order chi connectivity index (χ1) is 15.1. The van der Waals surface area contributed by atoms with Gasteiger partial charge in [-0.15, -0.1) is 0 Å². The van der Waals surface area contributed by atoms with Gasteiger partial charge in [0.15, 0.2) is 23.2 Å². The molecule has 0 radical (unpaired) electrons. The molecule has 1 aromatic carbocycles. The molecular formula is C22H24FN5O3. The van der Waals surface area contributed by atoms with Gasteiger partial charge in [-0.2, -0.15) is 0 Å². The number of unbranched alkanes of at least 4 members (excludes halogenated alkanes) is 2. The van der Waals surface area contributed by atoms with Crippen LogP contribution in [0, 0.1) is 17.7 Å². The number of hydrogen-bond acceptors (Lipinski definition) is 7. The molecule has 1 aliphatic heterocycles. The Morgan fingerprint density at radius 2 is 2.19 bits per heavy atom. The number of ether oxygens (including phenoxy) is 1. The summed E-state index contributed by atoms with van der Waals surface area (Å²) >= 11 is 0. The highest BCUT2D eigenvalue weighted by Gasteiger charge is 2.37. The van der Waals surface area contributed by atoms with Crippen LogP contribution in [-0.2, 0) is 11.3 Å². The maximum Gasteiger partial charge on any atom is 0.208 e. The van der Waals surface area contributed by atoms with Gasteiger partial charge in [0.1, 0.15) is 18.0 Å². The molecule has 0 unspecified atom stereocenters. The Bertz CT molecular complexity index is 1120. The van der Waals surface area contributed by atoms with E-state index in [0.29, 0.717) is 29.4 Å². The van der Waals surface area contributed by atoms with Gasteiger partial charge in [0.2, 0.25) is 5.82 Å². The molecular weight excluding hydrogens is 401 g/mol. The molecule has 1 fully saturated rings. The molecule has 31 heavy (non-hydrogen) atoms. The van der Waals surface area contributed by atoms with Gasteiger partial charge >= 0.3 is 0 Å². The third-order valence-corrected chi connectivity index (χ3v) is 5.02. The van der Waals surface area contributed by atoms with E-state index in [1.165, 1.54) is 18.5 Å². The van der Waals surface area contributed by atoms with E-state index in [1.54, 1.807) is 10.6 Å². The monoisotopic (exact) mass is 425 g/mol. The summed E-state index contributed by atoms with van der Waals surface area (Å²) < 4.78 is 20.6. The van der Waals surface area contributed by atoms with E-state index in [0.717, 1.165) is 24.8 Å². The summed E-state index contributed by atoms with van der Waals surface area (Å²) in [5, 5.41) is 23.3. The first-order valence-corrected chi connectivity index (χ1v) is 10.3. The van der Waals surface area contributed by atoms with Gasteiger partial charge in [-0.25, -0.2) is 19.3 Å². The normalized spacial score (nSPS) is 20.6. The number of fused-ring (bicyclic) bond motifs is 1. The molecule has 3 aromatic rings. The van der Waals surface area contributed by atoms with Crippen LogP contribution in [0.3, 0.4) is 0 Å². The Labute approximate surface area is 179 Å². The summed E-state index contributed by atoms with van der Waals surface area (Å²) in [5.41, 5.74) is 1.64. The molecule has 4 rings (SSSR count). The number of aliphatic hydroxyl groups excluding tert-OH is 2. The zero-order valence-corrected chi connectivity index (χ0v) is 17.1. The first kappa shape index (κ1) is 21.2. The SMILES string of the molecule is CCCCC#Cc1nc(NCc2cccc(F)c2)c2ncn([C@@H]3OC[C@@H](O)[C@H]3O)c2n1. The summed E-state index contributed by atoms with van der Waals surface area (Å²) in [6.45, 7) is 2.45. The highest BCUT2D eigenvalue weighted by Crippen LogP contribution is 2.29. The Kier molecular flexibility index (Phi) is 6.42. The number of halogens is 1. The van der Waals surface area contributed by atoms with Crippen molar-refractivity contribution in [1.82, 2.24) is 19.5 Å². The smallest absolute Gasteiger partial charge is 0.208 e. The number of anilines is 1. The van der Waals surface area contributed by atoms with Crippen molar-refractivity contribution < 1.29 is 19.3 Å². The van der Waals surface area contributed by atoms with E-state index in [2.05, 4.69) is 39.0 Å². The van der Waals surface area contributed by atoms with Gasteiger partial charge in [-0.05, 0) is 30.0 Å². The Morgan fingerprint density at radius 1 is 1.32 bits per heavy atom. The van der Waals surface area contributed by atoms with Crippen molar-refractivity contribution in [1.29, 1.82) is 0 Å². The van der Waals surface area contributed by atoms with E-state index in [4.69, 9.17) is 4.74 Å². The molecule has 0 spiro atoms.